The number of hydrogen-bond acceptors (Lipinski definition) is 5. The Balaban J connectivity index is 1.32. The van der Waals surface area contributed by atoms with Gasteiger partial charge in [0.1, 0.15) is 0 Å². The number of para-hydroxylation sites is 1. The zero-order chi connectivity index (χ0) is 29.1. The van der Waals surface area contributed by atoms with Crippen LogP contribution in [-0.4, -0.2) is 45.1 Å². The van der Waals surface area contributed by atoms with E-state index in [2.05, 4.69) is 15.6 Å². The highest BCUT2D eigenvalue weighted by Crippen LogP contribution is 2.40. The van der Waals surface area contributed by atoms with Gasteiger partial charge in [-0.15, -0.1) is 0 Å². The maximum Gasteiger partial charge on any atom is 0.339 e. The van der Waals surface area contributed by atoms with Gasteiger partial charge in [0.05, 0.1) is 36.1 Å². The molecule has 3 heterocycles. The molecule has 1 aliphatic rings. The average Bonchev–Trinajstić information content (AvgIpc) is 3.64. The predicted molar refractivity (Wildman–Crippen MR) is 166 cm³/mol. The summed E-state index contributed by atoms with van der Waals surface area (Å²) in [7, 11) is 1.37. The van der Waals surface area contributed by atoms with Crippen molar-refractivity contribution < 1.29 is 14.3 Å². The lowest BCUT2D eigenvalue weighted by Crippen LogP contribution is -2.33. The van der Waals surface area contributed by atoms with Gasteiger partial charge in [0.15, 0.2) is 5.11 Å². The van der Waals surface area contributed by atoms with E-state index in [0.29, 0.717) is 22.9 Å². The summed E-state index contributed by atoms with van der Waals surface area (Å²) in [5.41, 5.74) is 3.62. The molecule has 0 radical (unpaired) electrons. The van der Waals surface area contributed by atoms with Crippen molar-refractivity contribution >= 4 is 45.7 Å². The van der Waals surface area contributed by atoms with E-state index in [-0.39, 0.29) is 24.4 Å². The fraction of sp³-hybridized carbons (Fsp3) is 0.152. The number of benzene rings is 3. The van der Waals surface area contributed by atoms with E-state index in [1.54, 1.807) is 12.3 Å². The molecule has 8 nitrogen and oxygen atoms in total. The predicted octanol–water partition coefficient (Wildman–Crippen LogP) is 5.81. The lowest BCUT2D eigenvalue weighted by atomic mass is 10.0. The average molecular weight is 576 g/mol. The molecule has 1 saturated heterocycles. The topological polar surface area (TPSA) is 88.5 Å². The monoisotopic (exact) mass is 575 g/mol. The zero-order valence-corrected chi connectivity index (χ0v) is 23.8. The molecule has 1 aliphatic heterocycles. The van der Waals surface area contributed by atoms with Gasteiger partial charge in [0.2, 0.25) is 5.91 Å². The quantitative estimate of drug-likeness (QED) is 0.178. The van der Waals surface area contributed by atoms with Crippen LogP contribution in [0.4, 0.5) is 5.69 Å². The summed E-state index contributed by atoms with van der Waals surface area (Å²) < 4.78 is 7.04. The van der Waals surface area contributed by atoms with Crippen LogP contribution in [0.5, 0.6) is 0 Å². The third kappa shape index (κ3) is 5.22. The van der Waals surface area contributed by atoms with Crippen LogP contribution in [0.2, 0.25) is 0 Å². The van der Waals surface area contributed by atoms with Crippen molar-refractivity contribution in [3.05, 3.63) is 126 Å². The van der Waals surface area contributed by atoms with Gasteiger partial charge >= 0.3 is 5.97 Å². The first-order chi connectivity index (χ1) is 20.5. The minimum absolute atomic E-state index is 0.111. The van der Waals surface area contributed by atoms with E-state index < -0.39 is 5.97 Å². The smallest absolute Gasteiger partial charge is 0.339 e. The molecule has 2 N–H and O–H groups in total. The molecular formula is C33H29N5O3S. The fourth-order valence-corrected chi connectivity index (χ4v) is 5.89. The zero-order valence-electron chi connectivity index (χ0n) is 22.9. The lowest BCUT2D eigenvalue weighted by Gasteiger charge is -2.29. The number of nitrogens with one attached hydrogen (secondary N) is 2. The number of nitrogens with zero attached hydrogens (tertiary/aromatic N) is 3. The fourth-order valence-electron chi connectivity index (χ4n) is 5.56. The van der Waals surface area contributed by atoms with Gasteiger partial charge in [-0.3, -0.25) is 9.78 Å². The van der Waals surface area contributed by atoms with Gasteiger partial charge in [-0.05, 0) is 60.1 Å². The van der Waals surface area contributed by atoms with E-state index in [9.17, 15) is 9.59 Å². The van der Waals surface area contributed by atoms with Crippen LogP contribution >= 0.6 is 12.2 Å². The number of rotatable bonds is 8. The Kier molecular flexibility index (Phi) is 7.66. The summed E-state index contributed by atoms with van der Waals surface area (Å²) in [5.74, 6) is -0.533. The Hall–Kier alpha value is -5.02. The minimum atomic E-state index is -0.423. The molecule has 0 saturated carbocycles. The summed E-state index contributed by atoms with van der Waals surface area (Å²) >= 11 is 5.83. The molecule has 0 bridgehead atoms. The van der Waals surface area contributed by atoms with Gasteiger partial charge in [0, 0.05) is 42.1 Å². The molecule has 9 heteroatoms. The Labute approximate surface area is 248 Å². The van der Waals surface area contributed by atoms with Crippen LogP contribution < -0.4 is 10.6 Å². The molecule has 210 valence electrons. The van der Waals surface area contributed by atoms with Crippen molar-refractivity contribution in [1.82, 2.24) is 19.8 Å². The number of carbonyl (C=O) groups is 2. The normalized spacial score (nSPS) is 16.3. The molecule has 6 rings (SSSR count). The number of amides is 1. The Morgan fingerprint density at radius 2 is 1.74 bits per heavy atom. The van der Waals surface area contributed by atoms with Crippen molar-refractivity contribution in [3.8, 4) is 5.69 Å². The summed E-state index contributed by atoms with van der Waals surface area (Å²) in [6, 6.07) is 30.3. The number of thiocarbonyl (C=S) groups is 1. The maximum atomic E-state index is 13.2. The third-order valence-corrected chi connectivity index (χ3v) is 7.85. The number of esters is 1. The van der Waals surface area contributed by atoms with E-state index >= 15 is 0 Å². The van der Waals surface area contributed by atoms with E-state index in [1.165, 1.54) is 7.11 Å². The summed E-state index contributed by atoms with van der Waals surface area (Å²) in [5, 5.41) is 9.10. The standard InChI is InChI=1S/C33H29N5O3S/c1-41-32(40)24-13-4-5-16-27(24)37-20-9-17-28(37)31-30(26-14-6-7-19-34-26)36-33(42)38(31)21-18-29(39)35-25-15-8-11-22-10-2-3-12-23(22)25/h2-17,19-20,30-31H,18,21H2,1H3,(H,35,39)(H,36,42)/t30-,31+/m1/s1. The van der Waals surface area contributed by atoms with Crippen molar-refractivity contribution in [3.63, 3.8) is 0 Å². The molecule has 0 unspecified atom stereocenters. The SMILES string of the molecule is COC(=O)c1ccccc1-n1cccc1[C@H]1[C@@H](c2ccccn2)NC(=S)N1CCC(=O)Nc1cccc2ccccc12. The number of fused-ring (bicyclic) bond motifs is 1. The number of methoxy groups -OCH3 is 1. The molecule has 0 spiro atoms. The molecule has 1 amide bonds. The van der Waals surface area contributed by atoms with Gasteiger partial charge in [-0.1, -0.05) is 54.6 Å². The Bertz CT molecular complexity index is 1760. The van der Waals surface area contributed by atoms with Gasteiger partial charge in [-0.25, -0.2) is 4.79 Å². The largest absolute Gasteiger partial charge is 0.465 e. The van der Waals surface area contributed by atoms with Crippen molar-refractivity contribution in [1.29, 1.82) is 0 Å². The highest BCUT2D eigenvalue weighted by Gasteiger charge is 2.41. The molecule has 2 aromatic heterocycles. The number of ether oxygens (including phenoxy) is 1. The molecular weight excluding hydrogens is 546 g/mol. The first-order valence-electron chi connectivity index (χ1n) is 13.7. The lowest BCUT2D eigenvalue weighted by molar-refractivity contribution is -0.116. The number of pyridine rings is 1. The second-order valence-electron chi connectivity index (χ2n) is 9.96. The van der Waals surface area contributed by atoms with Gasteiger partial charge in [0.25, 0.3) is 0 Å². The number of aromatic nitrogens is 2. The summed E-state index contributed by atoms with van der Waals surface area (Å²) in [6.07, 6.45) is 3.89. The third-order valence-electron chi connectivity index (χ3n) is 7.49. The first-order valence-corrected chi connectivity index (χ1v) is 14.1. The molecule has 3 aromatic carbocycles. The maximum absolute atomic E-state index is 13.2. The highest BCUT2D eigenvalue weighted by molar-refractivity contribution is 7.80. The van der Waals surface area contributed by atoms with Gasteiger partial charge in [-0.2, -0.15) is 0 Å². The van der Waals surface area contributed by atoms with Crippen LogP contribution in [0.3, 0.4) is 0 Å². The van der Waals surface area contributed by atoms with Crippen LogP contribution in [0.15, 0.2) is 109 Å². The molecule has 42 heavy (non-hydrogen) atoms. The van der Waals surface area contributed by atoms with Crippen molar-refractivity contribution in [2.75, 3.05) is 19.0 Å². The van der Waals surface area contributed by atoms with Crippen LogP contribution in [0.25, 0.3) is 16.5 Å². The van der Waals surface area contributed by atoms with E-state index in [1.807, 2.05) is 107 Å². The Morgan fingerprint density at radius 1 is 0.952 bits per heavy atom. The van der Waals surface area contributed by atoms with Crippen molar-refractivity contribution in [2.45, 2.75) is 18.5 Å². The molecule has 5 aromatic rings. The molecule has 1 fully saturated rings. The molecule has 0 aliphatic carbocycles. The first kappa shape index (κ1) is 27.2. The Morgan fingerprint density at radius 3 is 2.57 bits per heavy atom. The van der Waals surface area contributed by atoms with Crippen molar-refractivity contribution in [2.24, 2.45) is 0 Å². The van der Waals surface area contributed by atoms with Crippen LogP contribution in [0.1, 0.15) is 40.3 Å². The van der Waals surface area contributed by atoms with E-state index in [4.69, 9.17) is 17.0 Å². The van der Waals surface area contributed by atoms with E-state index in [0.717, 1.165) is 27.8 Å². The summed E-state index contributed by atoms with van der Waals surface area (Å²) in [4.78, 5) is 32.5. The minimum Gasteiger partial charge on any atom is -0.465 e. The number of anilines is 1. The van der Waals surface area contributed by atoms with Crippen LogP contribution in [-0.2, 0) is 9.53 Å². The highest BCUT2D eigenvalue weighted by atomic mass is 32.1. The molecule has 2 atom stereocenters. The second kappa shape index (κ2) is 11.8. The second-order valence-corrected chi connectivity index (χ2v) is 10.3. The summed E-state index contributed by atoms with van der Waals surface area (Å²) in [6.45, 7) is 0.375. The van der Waals surface area contributed by atoms with Crippen LogP contribution in [0, 0.1) is 0 Å². The van der Waals surface area contributed by atoms with Gasteiger partial charge < -0.3 is 24.8 Å². The number of hydrogen-bond donors (Lipinski definition) is 2. The number of carbonyl (C=O) groups excluding carboxylic acids is 2.